The lowest BCUT2D eigenvalue weighted by Gasteiger charge is -2.34. The summed E-state index contributed by atoms with van der Waals surface area (Å²) in [6.45, 7) is 1.14. The Balaban J connectivity index is 1.68. The van der Waals surface area contributed by atoms with Crippen LogP contribution < -0.4 is 0 Å². The number of nitriles is 1. The van der Waals surface area contributed by atoms with Crippen LogP contribution in [-0.4, -0.2) is 49.7 Å². The van der Waals surface area contributed by atoms with E-state index in [1.54, 1.807) is 53.4 Å². The summed E-state index contributed by atoms with van der Waals surface area (Å²) in [6, 6.07) is 15.0. The summed E-state index contributed by atoms with van der Waals surface area (Å²) in [4.78, 5) is 14.4. The second-order valence-electron chi connectivity index (χ2n) is 5.84. The van der Waals surface area contributed by atoms with Crippen molar-refractivity contribution >= 4 is 31.9 Å². The molecular formula is C18H16BrN3O3S. The van der Waals surface area contributed by atoms with Crippen molar-refractivity contribution in [1.29, 1.82) is 5.26 Å². The summed E-state index contributed by atoms with van der Waals surface area (Å²) in [5.41, 5.74) is 0.985. The van der Waals surface area contributed by atoms with E-state index in [2.05, 4.69) is 15.9 Å². The second kappa shape index (κ2) is 7.58. The third-order valence-corrected chi connectivity index (χ3v) is 6.61. The summed E-state index contributed by atoms with van der Waals surface area (Å²) in [5, 5.41) is 8.82. The number of carbonyl (C=O) groups excluding carboxylic acids is 1. The maximum atomic E-state index is 12.7. The molecule has 0 spiro atoms. The van der Waals surface area contributed by atoms with Gasteiger partial charge in [0.1, 0.15) is 0 Å². The number of sulfonamides is 1. The summed E-state index contributed by atoms with van der Waals surface area (Å²) in [7, 11) is -3.58. The highest BCUT2D eigenvalue weighted by Gasteiger charge is 2.30. The van der Waals surface area contributed by atoms with E-state index < -0.39 is 10.0 Å². The van der Waals surface area contributed by atoms with Crippen LogP contribution in [0.15, 0.2) is 57.9 Å². The molecule has 3 rings (SSSR count). The zero-order valence-electron chi connectivity index (χ0n) is 13.8. The molecule has 0 bridgehead atoms. The van der Waals surface area contributed by atoms with E-state index in [1.807, 2.05) is 6.07 Å². The van der Waals surface area contributed by atoms with Crippen LogP contribution in [0.25, 0.3) is 0 Å². The van der Waals surface area contributed by atoms with Gasteiger partial charge in [-0.3, -0.25) is 4.79 Å². The molecule has 0 aliphatic carbocycles. The monoisotopic (exact) mass is 433 g/mol. The van der Waals surface area contributed by atoms with Gasteiger partial charge in [0.25, 0.3) is 5.91 Å². The highest BCUT2D eigenvalue weighted by Crippen LogP contribution is 2.21. The average molecular weight is 434 g/mol. The molecule has 1 aliphatic rings. The maximum absolute atomic E-state index is 12.7. The first-order valence-corrected chi connectivity index (χ1v) is 10.2. The molecule has 2 aromatic rings. The first kappa shape index (κ1) is 18.6. The summed E-state index contributed by atoms with van der Waals surface area (Å²) >= 11 is 3.29. The fraction of sp³-hybridized carbons (Fsp3) is 0.222. The first-order chi connectivity index (χ1) is 12.4. The fourth-order valence-corrected chi connectivity index (χ4v) is 4.80. The minimum Gasteiger partial charge on any atom is -0.336 e. The quantitative estimate of drug-likeness (QED) is 0.744. The molecule has 1 heterocycles. The van der Waals surface area contributed by atoms with Crippen LogP contribution in [0.3, 0.4) is 0 Å². The summed E-state index contributed by atoms with van der Waals surface area (Å²) in [6.07, 6.45) is 0. The molecule has 1 amide bonds. The zero-order chi connectivity index (χ0) is 18.7. The van der Waals surface area contributed by atoms with E-state index >= 15 is 0 Å². The molecule has 0 unspecified atom stereocenters. The van der Waals surface area contributed by atoms with Gasteiger partial charge in [-0.1, -0.05) is 22.0 Å². The topological polar surface area (TPSA) is 81.5 Å². The predicted molar refractivity (Wildman–Crippen MR) is 100.0 cm³/mol. The number of benzene rings is 2. The van der Waals surface area contributed by atoms with Crippen LogP contribution in [0, 0.1) is 11.3 Å². The molecule has 0 saturated carbocycles. The predicted octanol–water partition coefficient (Wildman–Crippen LogP) is 2.47. The fourth-order valence-electron chi connectivity index (χ4n) is 2.78. The molecule has 2 aromatic carbocycles. The average Bonchev–Trinajstić information content (AvgIpc) is 2.67. The minimum absolute atomic E-state index is 0.158. The third kappa shape index (κ3) is 3.80. The van der Waals surface area contributed by atoms with Gasteiger partial charge >= 0.3 is 0 Å². The van der Waals surface area contributed by atoms with E-state index in [0.29, 0.717) is 28.7 Å². The Kier molecular flexibility index (Phi) is 5.41. The molecule has 1 aliphatic heterocycles. The van der Waals surface area contributed by atoms with Crippen LogP contribution in [0.1, 0.15) is 15.9 Å². The molecule has 0 aromatic heterocycles. The van der Waals surface area contributed by atoms with Gasteiger partial charge in [-0.05, 0) is 42.5 Å². The Labute approximate surface area is 160 Å². The molecular weight excluding hydrogens is 418 g/mol. The summed E-state index contributed by atoms with van der Waals surface area (Å²) < 4.78 is 27.6. The van der Waals surface area contributed by atoms with Crippen molar-refractivity contribution in [2.24, 2.45) is 0 Å². The van der Waals surface area contributed by atoms with Gasteiger partial charge in [-0.2, -0.15) is 9.57 Å². The highest BCUT2D eigenvalue weighted by molar-refractivity contribution is 9.10. The van der Waals surface area contributed by atoms with Crippen molar-refractivity contribution in [3.8, 4) is 6.07 Å². The van der Waals surface area contributed by atoms with Crippen molar-refractivity contribution in [3.63, 3.8) is 0 Å². The molecule has 1 fully saturated rings. The van der Waals surface area contributed by atoms with Crippen LogP contribution >= 0.6 is 15.9 Å². The Bertz CT molecular complexity index is 960. The van der Waals surface area contributed by atoms with Crippen molar-refractivity contribution < 1.29 is 13.2 Å². The summed E-state index contributed by atoms with van der Waals surface area (Å²) in [5.74, 6) is -0.158. The van der Waals surface area contributed by atoms with E-state index in [0.717, 1.165) is 0 Å². The standard InChI is InChI=1S/C18H16BrN3O3S/c19-16-2-1-3-17(12-16)26(24,25)22-10-8-21(9-11-22)18(23)15-6-4-14(13-20)5-7-15/h1-7,12H,8-11H2. The smallest absolute Gasteiger partial charge is 0.253 e. The maximum Gasteiger partial charge on any atom is 0.253 e. The number of hydrogen-bond donors (Lipinski definition) is 0. The number of rotatable bonds is 3. The molecule has 0 atom stereocenters. The number of halogens is 1. The number of hydrogen-bond acceptors (Lipinski definition) is 4. The van der Waals surface area contributed by atoms with Crippen LogP contribution in [0.4, 0.5) is 0 Å². The van der Waals surface area contributed by atoms with E-state index in [9.17, 15) is 13.2 Å². The second-order valence-corrected chi connectivity index (χ2v) is 8.70. The van der Waals surface area contributed by atoms with Crippen molar-refractivity contribution in [2.45, 2.75) is 4.90 Å². The number of nitrogens with zero attached hydrogens (tertiary/aromatic N) is 3. The normalized spacial score (nSPS) is 15.5. The number of amides is 1. The van der Waals surface area contributed by atoms with Crippen LogP contribution in [0.2, 0.25) is 0 Å². The largest absolute Gasteiger partial charge is 0.336 e. The molecule has 134 valence electrons. The Hall–Kier alpha value is -2.21. The zero-order valence-corrected chi connectivity index (χ0v) is 16.2. The highest BCUT2D eigenvalue weighted by atomic mass is 79.9. The molecule has 26 heavy (non-hydrogen) atoms. The van der Waals surface area contributed by atoms with E-state index in [1.165, 1.54) is 4.31 Å². The third-order valence-electron chi connectivity index (χ3n) is 4.22. The molecule has 0 N–H and O–H groups in total. The molecule has 1 saturated heterocycles. The van der Waals surface area contributed by atoms with Gasteiger partial charge in [-0.15, -0.1) is 0 Å². The molecule has 0 radical (unpaired) electrons. The Morgan fingerprint density at radius 3 is 2.27 bits per heavy atom. The molecule has 6 nitrogen and oxygen atoms in total. The van der Waals surface area contributed by atoms with E-state index in [4.69, 9.17) is 5.26 Å². The van der Waals surface area contributed by atoms with Gasteiger partial charge in [0.15, 0.2) is 0 Å². The first-order valence-electron chi connectivity index (χ1n) is 7.97. The van der Waals surface area contributed by atoms with Crippen LogP contribution in [-0.2, 0) is 10.0 Å². The lowest BCUT2D eigenvalue weighted by molar-refractivity contribution is 0.0698. The Morgan fingerprint density at radius 2 is 1.69 bits per heavy atom. The van der Waals surface area contributed by atoms with Gasteiger partial charge in [-0.25, -0.2) is 8.42 Å². The minimum atomic E-state index is -3.58. The van der Waals surface area contributed by atoms with Crippen molar-refractivity contribution in [1.82, 2.24) is 9.21 Å². The SMILES string of the molecule is N#Cc1ccc(C(=O)N2CCN(S(=O)(=O)c3cccc(Br)c3)CC2)cc1. The van der Waals surface area contributed by atoms with Gasteiger partial charge < -0.3 is 4.90 Å². The van der Waals surface area contributed by atoms with Crippen molar-refractivity contribution in [3.05, 3.63) is 64.1 Å². The lowest BCUT2D eigenvalue weighted by atomic mass is 10.1. The van der Waals surface area contributed by atoms with Crippen LogP contribution in [0.5, 0.6) is 0 Å². The molecule has 8 heteroatoms. The van der Waals surface area contributed by atoms with Gasteiger partial charge in [0.2, 0.25) is 10.0 Å². The van der Waals surface area contributed by atoms with Gasteiger partial charge in [0, 0.05) is 36.2 Å². The Morgan fingerprint density at radius 1 is 1.04 bits per heavy atom. The lowest BCUT2D eigenvalue weighted by Crippen LogP contribution is -2.50. The van der Waals surface area contributed by atoms with Gasteiger partial charge in [0.05, 0.1) is 16.5 Å². The number of carbonyl (C=O) groups is 1. The number of piperazine rings is 1. The van der Waals surface area contributed by atoms with Crippen molar-refractivity contribution in [2.75, 3.05) is 26.2 Å². The van der Waals surface area contributed by atoms with E-state index in [-0.39, 0.29) is 23.9 Å².